The molecule has 0 N–H and O–H groups in total. The average molecular weight is 546 g/mol. The lowest BCUT2D eigenvalue weighted by atomic mass is 9.72. The maximum absolute atomic E-state index is 11.8. The fraction of sp³-hybridized carbons (Fsp3) is 0.400. The first-order valence-corrected chi connectivity index (χ1v) is 15.3. The van der Waals surface area contributed by atoms with Crippen LogP contribution in [0.25, 0.3) is 33.7 Å². The second-order valence-corrected chi connectivity index (χ2v) is 13.1. The van der Waals surface area contributed by atoms with Gasteiger partial charge >= 0.3 is 0 Å². The molecule has 0 amide bonds. The Labute approximate surface area is 230 Å². The first-order chi connectivity index (χ1) is 18.7. The molecular formula is C30H35N5O3S. The lowest BCUT2D eigenvalue weighted by Gasteiger charge is -2.54. The minimum atomic E-state index is -3.24. The number of anilines is 1. The number of aryl methyl sites for hydroxylation is 1. The summed E-state index contributed by atoms with van der Waals surface area (Å²) in [5.41, 5.74) is 6.39. The van der Waals surface area contributed by atoms with Crippen molar-refractivity contribution in [2.45, 2.75) is 17.7 Å². The topological polar surface area (TPSA) is 80.6 Å². The highest BCUT2D eigenvalue weighted by Crippen LogP contribution is 2.41. The zero-order valence-corrected chi connectivity index (χ0v) is 23.6. The van der Waals surface area contributed by atoms with E-state index in [4.69, 9.17) is 14.7 Å². The first-order valence-electron chi connectivity index (χ1n) is 13.4. The van der Waals surface area contributed by atoms with Crippen molar-refractivity contribution in [2.75, 3.05) is 57.6 Å². The van der Waals surface area contributed by atoms with E-state index in [1.165, 1.54) is 37.9 Å². The third kappa shape index (κ3) is 5.06. The minimum absolute atomic E-state index is 0.300. The van der Waals surface area contributed by atoms with Gasteiger partial charge in [-0.05, 0) is 60.7 Å². The molecule has 0 bridgehead atoms. The van der Waals surface area contributed by atoms with Crippen molar-refractivity contribution in [3.63, 3.8) is 0 Å². The summed E-state index contributed by atoms with van der Waals surface area (Å²) >= 11 is 0. The molecule has 0 radical (unpaired) electrons. The Bertz CT molecular complexity index is 1580. The monoisotopic (exact) mass is 545 g/mol. The number of fused-ring (bicyclic) bond motifs is 1. The van der Waals surface area contributed by atoms with E-state index in [1.807, 2.05) is 17.8 Å². The number of aromatic nitrogens is 3. The van der Waals surface area contributed by atoms with Crippen LogP contribution in [-0.2, 0) is 21.6 Å². The summed E-state index contributed by atoms with van der Waals surface area (Å²) in [6.07, 6.45) is 5.52. The second-order valence-electron chi connectivity index (χ2n) is 11.1. The summed E-state index contributed by atoms with van der Waals surface area (Å²) in [5, 5.41) is 0. The highest BCUT2D eigenvalue weighted by atomic mass is 32.2. The Morgan fingerprint density at radius 1 is 0.974 bits per heavy atom. The van der Waals surface area contributed by atoms with Crippen molar-refractivity contribution in [3.8, 4) is 22.6 Å². The molecule has 204 valence electrons. The molecular weight excluding hydrogens is 510 g/mol. The van der Waals surface area contributed by atoms with Gasteiger partial charge in [-0.2, -0.15) is 0 Å². The minimum Gasteiger partial charge on any atom is -0.383 e. The Kier molecular flexibility index (Phi) is 6.69. The number of rotatable bonds is 7. The normalized spacial score (nSPS) is 17.6. The molecule has 6 rings (SSSR count). The van der Waals surface area contributed by atoms with Crippen molar-refractivity contribution >= 4 is 26.6 Å². The molecule has 2 aromatic heterocycles. The molecule has 0 atom stereocenters. The summed E-state index contributed by atoms with van der Waals surface area (Å²) in [7, 11) is 0.511. The molecule has 1 spiro atoms. The van der Waals surface area contributed by atoms with Crippen molar-refractivity contribution in [2.24, 2.45) is 12.5 Å². The highest BCUT2D eigenvalue weighted by Gasteiger charge is 2.44. The number of hydrogen-bond donors (Lipinski definition) is 0. The van der Waals surface area contributed by atoms with Gasteiger partial charge in [-0.15, -0.1) is 0 Å². The Balaban J connectivity index is 1.15. The smallest absolute Gasteiger partial charge is 0.175 e. The van der Waals surface area contributed by atoms with Gasteiger partial charge in [-0.25, -0.2) is 13.4 Å². The zero-order chi connectivity index (χ0) is 27.2. The van der Waals surface area contributed by atoms with Crippen LogP contribution in [0.5, 0.6) is 0 Å². The fourth-order valence-corrected chi connectivity index (χ4v) is 6.67. The molecule has 2 fully saturated rings. The molecule has 0 saturated carbocycles. The molecule has 9 heteroatoms. The summed E-state index contributed by atoms with van der Waals surface area (Å²) in [6.45, 7) is 6.48. The van der Waals surface area contributed by atoms with E-state index in [0.29, 0.717) is 10.3 Å². The van der Waals surface area contributed by atoms with Gasteiger partial charge in [0.05, 0.1) is 28.9 Å². The lowest BCUT2D eigenvalue weighted by Crippen LogP contribution is -2.60. The molecule has 0 aliphatic carbocycles. The number of pyridine rings is 1. The average Bonchev–Trinajstić information content (AvgIpc) is 3.26. The number of piperidine rings is 1. The van der Waals surface area contributed by atoms with Crippen LogP contribution in [0.15, 0.2) is 65.7 Å². The predicted molar refractivity (Wildman–Crippen MR) is 155 cm³/mol. The maximum atomic E-state index is 11.8. The van der Waals surface area contributed by atoms with E-state index in [-0.39, 0.29) is 0 Å². The van der Waals surface area contributed by atoms with E-state index >= 15 is 0 Å². The summed E-state index contributed by atoms with van der Waals surface area (Å²) in [6, 6.07) is 17.7. The van der Waals surface area contributed by atoms with Gasteiger partial charge < -0.3 is 14.2 Å². The number of sulfone groups is 1. The second kappa shape index (κ2) is 10.0. The van der Waals surface area contributed by atoms with Crippen molar-refractivity contribution in [3.05, 3.63) is 60.8 Å². The number of likely N-dealkylation sites (tertiary alicyclic amines) is 1. The first kappa shape index (κ1) is 26.0. The van der Waals surface area contributed by atoms with Crippen LogP contribution in [-0.4, -0.2) is 80.5 Å². The third-order valence-corrected chi connectivity index (χ3v) is 9.52. The van der Waals surface area contributed by atoms with E-state index in [1.54, 1.807) is 31.4 Å². The summed E-state index contributed by atoms with van der Waals surface area (Å²) < 4.78 is 30.9. The molecule has 0 unspecified atom stereocenters. The Morgan fingerprint density at radius 2 is 1.64 bits per heavy atom. The van der Waals surface area contributed by atoms with Gasteiger partial charge in [-0.1, -0.05) is 12.1 Å². The van der Waals surface area contributed by atoms with Crippen LogP contribution in [0.2, 0.25) is 0 Å². The number of nitrogens with zero attached hydrogens (tertiary/aromatic N) is 5. The maximum Gasteiger partial charge on any atom is 0.175 e. The predicted octanol–water partition coefficient (Wildman–Crippen LogP) is 4.25. The number of hydrogen-bond acceptors (Lipinski definition) is 7. The van der Waals surface area contributed by atoms with Gasteiger partial charge in [0.2, 0.25) is 0 Å². The molecule has 2 aromatic carbocycles. The van der Waals surface area contributed by atoms with Crippen LogP contribution in [0, 0.1) is 5.41 Å². The highest BCUT2D eigenvalue weighted by molar-refractivity contribution is 7.90. The van der Waals surface area contributed by atoms with E-state index < -0.39 is 9.84 Å². The summed E-state index contributed by atoms with van der Waals surface area (Å²) in [5.74, 6) is 0.774. The lowest BCUT2D eigenvalue weighted by molar-refractivity contribution is -0.0297. The van der Waals surface area contributed by atoms with Crippen molar-refractivity contribution < 1.29 is 13.2 Å². The van der Waals surface area contributed by atoms with Crippen molar-refractivity contribution in [1.29, 1.82) is 0 Å². The zero-order valence-electron chi connectivity index (χ0n) is 22.8. The summed E-state index contributed by atoms with van der Waals surface area (Å²) in [4.78, 5) is 14.8. The molecule has 4 heterocycles. The van der Waals surface area contributed by atoms with Crippen molar-refractivity contribution in [1.82, 2.24) is 19.4 Å². The standard InChI is InChI=1S/C30H35N5O3S/c1-33-28-18-26(31-19-27(28)32-29(33)23-6-10-25(11-7-23)39(3,36)37)22-4-8-24(9-5-22)35-14-12-30(13-15-35)20-34(21-30)16-17-38-2/h4-11,18-19H,12-17,20-21H2,1-3H3. The van der Waals surface area contributed by atoms with Crippen LogP contribution in [0.3, 0.4) is 0 Å². The number of ether oxygens (including phenoxy) is 1. The van der Waals surface area contributed by atoms with Gasteiger partial charge in [0.1, 0.15) is 11.3 Å². The molecule has 2 aliphatic heterocycles. The van der Waals surface area contributed by atoms with Crippen LogP contribution >= 0.6 is 0 Å². The number of benzene rings is 2. The van der Waals surface area contributed by atoms with Gasteiger partial charge in [-0.3, -0.25) is 9.88 Å². The SMILES string of the molecule is COCCN1CC2(CCN(c3ccc(-c4cc5c(cn4)nc(-c4ccc(S(C)(=O)=O)cc4)n5C)cc3)CC2)C1. The molecule has 2 saturated heterocycles. The molecule has 2 aliphatic rings. The molecule has 8 nitrogen and oxygen atoms in total. The third-order valence-electron chi connectivity index (χ3n) is 8.39. The quantitative estimate of drug-likeness (QED) is 0.343. The van der Waals surface area contributed by atoms with E-state index in [2.05, 4.69) is 40.1 Å². The van der Waals surface area contributed by atoms with Gasteiger partial charge in [0.15, 0.2) is 9.84 Å². The van der Waals surface area contributed by atoms with E-state index in [0.717, 1.165) is 59.9 Å². The van der Waals surface area contributed by atoms with Crippen LogP contribution < -0.4 is 4.90 Å². The van der Waals surface area contributed by atoms with Crippen LogP contribution in [0.4, 0.5) is 5.69 Å². The Morgan fingerprint density at radius 3 is 2.28 bits per heavy atom. The Hall–Kier alpha value is -3.27. The molecule has 39 heavy (non-hydrogen) atoms. The van der Waals surface area contributed by atoms with E-state index in [9.17, 15) is 8.42 Å². The number of methoxy groups -OCH3 is 1. The fourth-order valence-electron chi connectivity index (χ4n) is 6.04. The van der Waals surface area contributed by atoms with Gasteiger partial charge in [0, 0.05) is 70.0 Å². The van der Waals surface area contributed by atoms with Crippen LogP contribution in [0.1, 0.15) is 12.8 Å². The molecule has 4 aromatic rings. The van der Waals surface area contributed by atoms with Gasteiger partial charge in [0.25, 0.3) is 0 Å². The largest absolute Gasteiger partial charge is 0.383 e. The number of imidazole rings is 1.